The third-order valence-electron chi connectivity index (χ3n) is 2.68. The van der Waals surface area contributed by atoms with E-state index < -0.39 is 6.10 Å². The number of rotatable bonds is 3. The maximum atomic E-state index is 9.51. The van der Waals surface area contributed by atoms with Gasteiger partial charge in [0, 0.05) is 0 Å². The summed E-state index contributed by atoms with van der Waals surface area (Å²) in [6.45, 7) is 1.79. The molecule has 0 fully saturated rings. The van der Waals surface area contributed by atoms with E-state index >= 15 is 0 Å². The summed E-state index contributed by atoms with van der Waals surface area (Å²) in [6, 6.07) is 18.5. The quantitative estimate of drug-likeness (QED) is 0.827. The van der Waals surface area contributed by atoms with Crippen LogP contribution in [0.15, 0.2) is 54.6 Å². The van der Waals surface area contributed by atoms with Crippen molar-refractivity contribution in [3.8, 4) is 0 Å². The molecule has 0 saturated carbocycles. The SMILES string of the molecule is CC(O)c1cccc(Cc2ccccc2)c1. The van der Waals surface area contributed by atoms with Crippen LogP contribution in [0.4, 0.5) is 0 Å². The van der Waals surface area contributed by atoms with Gasteiger partial charge in [0.2, 0.25) is 0 Å². The Morgan fingerprint density at radius 2 is 1.62 bits per heavy atom. The van der Waals surface area contributed by atoms with E-state index in [9.17, 15) is 5.11 Å². The molecule has 0 heterocycles. The predicted octanol–water partition coefficient (Wildman–Crippen LogP) is 3.33. The molecule has 0 amide bonds. The standard InChI is InChI=1S/C15H16O/c1-12(16)15-9-5-8-14(11-15)10-13-6-3-2-4-7-13/h2-9,11-12,16H,10H2,1H3. The van der Waals surface area contributed by atoms with E-state index in [1.165, 1.54) is 11.1 Å². The lowest BCUT2D eigenvalue weighted by molar-refractivity contribution is 0.199. The molecule has 0 saturated heterocycles. The first-order valence-corrected chi connectivity index (χ1v) is 5.56. The van der Waals surface area contributed by atoms with E-state index in [2.05, 4.69) is 24.3 Å². The Hall–Kier alpha value is -1.60. The molecule has 82 valence electrons. The van der Waals surface area contributed by atoms with Crippen LogP contribution in [0.3, 0.4) is 0 Å². The van der Waals surface area contributed by atoms with Gasteiger partial charge in [-0.15, -0.1) is 0 Å². The molecule has 1 N–H and O–H groups in total. The second-order valence-electron chi connectivity index (χ2n) is 4.08. The maximum Gasteiger partial charge on any atom is 0.0762 e. The lowest BCUT2D eigenvalue weighted by Crippen LogP contribution is -1.94. The molecule has 1 unspecified atom stereocenters. The van der Waals surface area contributed by atoms with Crippen molar-refractivity contribution in [2.45, 2.75) is 19.4 Å². The van der Waals surface area contributed by atoms with Gasteiger partial charge in [0.15, 0.2) is 0 Å². The van der Waals surface area contributed by atoms with E-state index in [4.69, 9.17) is 0 Å². The molecule has 0 aliphatic heterocycles. The van der Waals surface area contributed by atoms with E-state index in [0.29, 0.717) is 0 Å². The van der Waals surface area contributed by atoms with Crippen molar-refractivity contribution >= 4 is 0 Å². The molecule has 1 atom stereocenters. The molecule has 2 aromatic carbocycles. The van der Waals surface area contributed by atoms with Crippen molar-refractivity contribution < 1.29 is 5.11 Å². The van der Waals surface area contributed by atoms with Crippen LogP contribution in [-0.2, 0) is 6.42 Å². The zero-order valence-electron chi connectivity index (χ0n) is 9.43. The molecule has 0 aliphatic carbocycles. The van der Waals surface area contributed by atoms with Crippen molar-refractivity contribution in [3.05, 3.63) is 71.3 Å². The second-order valence-corrected chi connectivity index (χ2v) is 4.08. The number of aliphatic hydroxyl groups excluding tert-OH is 1. The molecule has 2 rings (SSSR count). The first kappa shape index (κ1) is 10.9. The van der Waals surface area contributed by atoms with Gasteiger partial charge in [-0.3, -0.25) is 0 Å². The Morgan fingerprint density at radius 3 is 2.31 bits per heavy atom. The summed E-state index contributed by atoms with van der Waals surface area (Å²) < 4.78 is 0. The Kier molecular flexibility index (Phi) is 3.37. The Balaban J connectivity index is 2.19. The average Bonchev–Trinajstić information content (AvgIpc) is 2.30. The zero-order valence-corrected chi connectivity index (χ0v) is 9.43. The monoisotopic (exact) mass is 212 g/mol. The summed E-state index contributed by atoms with van der Waals surface area (Å²) >= 11 is 0. The maximum absolute atomic E-state index is 9.51. The topological polar surface area (TPSA) is 20.2 Å². The van der Waals surface area contributed by atoms with Gasteiger partial charge in [0.25, 0.3) is 0 Å². The molecular formula is C15H16O. The molecule has 0 radical (unpaired) electrons. The van der Waals surface area contributed by atoms with Crippen LogP contribution in [0, 0.1) is 0 Å². The van der Waals surface area contributed by atoms with E-state index in [1.54, 1.807) is 6.92 Å². The summed E-state index contributed by atoms with van der Waals surface area (Å²) in [6.07, 6.45) is 0.525. The first-order chi connectivity index (χ1) is 7.75. The van der Waals surface area contributed by atoms with Crippen molar-refractivity contribution in [1.29, 1.82) is 0 Å². The average molecular weight is 212 g/mol. The minimum Gasteiger partial charge on any atom is -0.389 e. The molecule has 0 spiro atoms. The summed E-state index contributed by atoms with van der Waals surface area (Å²) in [4.78, 5) is 0. The van der Waals surface area contributed by atoms with Gasteiger partial charge in [-0.2, -0.15) is 0 Å². The Labute approximate surface area is 96.4 Å². The smallest absolute Gasteiger partial charge is 0.0762 e. The van der Waals surface area contributed by atoms with Crippen LogP contribution in [0.2, 0.25) is 0 Å². The van der Waals surface area contributed by atoms with Crippen molar-refractivity contribution in [2.24, 2.45) is 0 Å². The second kappa shape index (κ2) is 4.95. The van der Waals surface area contributed by atoms with Crippen molar-refractivity contribution in [2.75, 3.05) is 0 Å². The molecule has 1 heteroatoms. The fourth-order valence-corrected chi connectivity index (χ4v) is 1.79. The summed E-state index contributed by atoms with van der Waals surface area (Å²) in [5.74, 6) is 0. The third kappa shape index (κ3) is 2.71. The minimum absolute atomic E-state index is 0.393. The molecule has 0 aliphatic rings. The van der Waals surface area contributed by atoms with Crippen LogP contribution >= 0.6 is 0 Å². The molecule has 16 heavy (non-hydrogen) atoms. The molecule has 0 aromatic heterocycles. The summed E-state index contributed by atoms with van der Waals surface area (Å²) in [5.41, 5.74) is 3.52. The van der Waals surface area contributed by atoms with Crippen molar-refractivity contribution in [3.63, 3.8) is 0 Å². The molecule has 0 bridgehead atoms. The predicted molar refractivity (Wildman–Crippen MR) is 66.3 cm³/mol. The lowest BCUT2D eigenvalue weighted by Gasteiger charge is -2.07. The molecular weight excluding hydrogens is 196 g/mol. The van der Waals surface area contributed by atoms with Crippen LogP contribution < -0.4 is 0 Å². The highest BCUT2D eigenvalue weighted by Crippen LogP contribution is 2.16. The van der Waals surface area contributed by atoms with Crippen LogP contribution in [0.1, 0.15) is 29.7 Å². The van der Waals surface area contributed by atoms with Gasteiger partial charge in [0.05, 0.1) is 6.10 Å². The zero-order chi connectivity index (χ0) is 11.4. The van der Waals surface area contributed by atoms with Crippen molar-refractivity contribution in [1.82, 2.24) is 0 Å². The summed E-state index contributed by atoms with van der Waals surface area (Å²) in [5, 5.41) is 9.51. The largest absolute Gasteiger partial charge is 0.389 e. The molecule has 1 nitrogen and oxygen atoms in total. The minimum atomic E-state index is -0.393. The van der Waals surface area contributed by atoms with Crippen LogP contribution in [-0.4, -0.2) is 5.11 Å². The lowest BCUT2D eigenvalue weighted by atomic mass is 10.0. The van der Waals surface area contributed by atoms with E-state index in [0.717, 1.165) is 12.0 Å². The number of benzene rings is 2. The Bertz CT molecular complexity index is 446. The van der Waals surface area contributed by atoms with Crippen LogP contribution in [0.25, 0.3) is 0 Å². The number of hydrogen-bond donors (Lipinski definition) is 1. The van der Waals surface area contributed by atoms with Crippen LogP contribution in [0.5, 0.6) is 0 Å². The van der Waals surface area contributed by atoms with Gasteiger partial charge in [-0.1, -0.05) is 54.6 Å². The van der Waals surface area contributed by atoms with Gasteiger partial charge in [0.1, 0.15) is 0 Å². The number of aliphatic hydroxyl groups is 1. The Morgan fingerprint density at radius 1 is 0.938 bits per heavy atom. The third-order valence-corrected chi connectivity index (χ3v) is 2.68. The fraction of sp³-hybridized carbons (Fsp3) is 0.200. The van der Waals surface area contributed by atoms with E-state index in [1.807, 2.05) is 30.3 Å². The first-order valence-electron chi connectivity index (χ1n) is 5.56. The normalized spacial score (nSPS) is 12.4. The molecule has 2 aromatic rings. The highest BCUT2D eigenvalue weighted by atomic mass is 16.3. The van der Waals surface area contributed by atoms with Gasteiger partial charge < -0.3 is 5.11 Å². The summed E-state index contributed by atoms with van der Waals surface area (Å²) in [7, 11) is 0. The van der Waals surface area contributed by atoms with Gasteiger partial charge in [-0.05, 0) is 30.0 Å². The highest BCUT2D eigenvalue weighted by Gasteiger charge is 2.02. The highest BCUT2D eigenvalue weighted by molar-refractivity contribution is 5.30. The van der Waals surface area contributed by atoms with Gasteiger partial charge in [-0.25, -0.2) is 0 Å². The van der Waals surface area contributed by atoms with E-state index in [-0.39, 0.29) is 0 Å². The fourth-order valence-electron chi connectivity index (χ4n) is 1.79. The van der Waals surface area contributed by atoms with Gasteiger partial charge >= 0.3 is 0 Å². The number of hydrogen-bond acceptors (Lipinski definition) is 1.